The van der Waals surface area contributed by atoms with Gasteiger partial charge in [-0.3, -0.25) is 0 Å². The maximum atomic E-state index is 8.94. The Hall–Kier alpha value is -1.18. The molecule has 72 valence electrons. The van der Waals surface area contributed by atoms with Gasteiger partial charge in [-0.25, -0.2) is 0 Å². The molecule has 0 saturated heterocycles. The summed E-state index contributed by atoms with van der Waals surface area (Å²) in [5.74, 6) is 0.343. The zero-order valence-corrected chi connectivity index (χ0v) is 8.54. The first-order valence-electron chi connectivity index (χ1n) is 4.56. The Morgan fingerprint density at radius 1 is 1.54 bits per heavy atom. The maximum Gasteiger partial charge on any atom is 0.0891 e. The van der Waals surface area contributed by atoms with Gasteiger partial charge >= 0.3 is 0 Å². The standard InChI is InChI=1S/C11H17NO/c1-9-7-8-12(3)11(9)6-4-5-10(2)13/h4-6,13H,7-8H2,1-3H3/b6-4-,10-5+. The van der Waals surface area contributed by atoms with Crippen LogP contribution in [-0.4, -0.2) is 23.6 Å². The van der Waals surface area contributed by atoms with E-state index >= 15 is 0 Å². The second kappa shape index (κ2) is 4.17. The molecule has 0 aromatic heterocycles. The summed E-state index contributed by atoms with van der Waals surface area (Å²) in [5.41, 5.74) is 2.69. The summed E-state index contributed by atoms with van der Waals surface area (Å²) in [6, 6.07) is 0. The van der Waals surface area contributed by atoms with Crippen LogP contribution in [-0.2, 0) is 0 Å². The first-order valence-corrected chi connectivity index (χ1v) is 4.56. The Balaban J connectivity index is 2.68. The van der Waals surface area contributed by atoms with Crippen LogP contribution < -0.4 is 0 Å². The Labute approximate surface area is 79.9 Å². The second-order valence-electron chi connectivity index (χ2n) is 3.50. The number of hydrogen-bond acceptors (Lipinski definition) is 2. The Bertz CT molecular complexity index is 270. The van der Waals surface area contributed by atoms with Crippen LogP contribution in [0.15, 0.2) is 35.3 Å². The molecule has 0 aliphatic carbocycles. The van der Waals surface area contributed by atoms with Crippen molar-refractivity contribution >= 4 is 0 Å². The van der Waals surface area contributed by atoms with Crippen molar-refractivity contribution in [1.82, 2.24) is 4.90 Å². The van der Waals surface area contributed by atoms with Crippen molar-refractivity contribution in [1.29, 1.82) is 0 Å². The van der Waals surface area contributed by atoms with Crippen molar-refractivity contribution in [2.75, 3.05) is 13.6 Å². The minimum Gasteiger partial charge on any atom is -0.513 e. The van der Waals surface area contributed by atoms with Crippen molar-refractivity contribution in [2.24, 2.45) is 0 Å². The fourth-order valence-corrected chi connectivity index (χ4v) is 1.46. The first kappa shape index (κ1) is 9.90. The highest BCUT2D eigenvalue weighted by Gasteiger charge is 2.12. The summed E-state index contributed by atoms with van der Waals surface area (Å²) < 4.78 is 0. The molecular weight excluding hydrogens is 162 g/mol. The van der Waals surface area contributed by atoms with Crippen molar-refractivity contribution in [2.45, 2.75) is 20.3 Å². The van der Waals surface area contributed by atoms with Crippen LogP contribution in [0.1, 0.15) is 20.3 Å². The second-order valence-corrected chi connectivity index (χ2v) is 3.50. The molecule has 0 saturated carbocycles. The van der Waals surface area contributed by atoms with Gasteiger partial charge in [-0.1, -0.05) is 6.08 Å². The molecule has 13 heavy (non-hydrogen) atoms. The van der Waals surface area contributed by atoms with Gasteiger partial charge in [0.15, 0.2) is 0 Å². The lowest BCUT2D eigenvalue weighted by atomic mass is 10.2. The molecular formula is C11H17NO. The van der Waals surface area contributed by atoms with E-state index in [-0.39, 0.29) is 0 Å². The molecule has 0 fully saturated rings. The average molecular weight is 179 g/mol. The largest absolute Gasteiger partial charge is 0.513 e. The van der Waals surface area contributed by atoms with Crippen LogP contribution in [0, 0.1) is 0 Å². The van der Waals surface area contributed by atoms with Crippen molar-refractivity contribution in [3.63, 3.8) is 0 Å². The number of hydrogen-bond donors (Lipinski definition) is 1. The number of allylic oxidation sites excluding steroid dienone is 4. The third kappa shape index (κ3) is 2.65. The van der Waals surface area contributed by atoms with Gasteiger partial charge < -0.3 is 10.0 Å². The topological polar surface area (TPSA) is 23.5 Å². The van der Waals surface area contributed by atoms with Crippen LogP contribution in [0.3, 0.4) is 0 Å². The lowest BCUT2D eigenvalue weighted by molar-refractivity contribution is 0.414. The van der Waals surface area contributed by atoms with Crippen LogP contribution in [0.2, 0.25) is 0 Å². The molecule has 0 atom stereocenters. The highest BCUT2D eigenvalue weighted by atomic mass is 16.3. The summed E-state index contributed by atoms with van der Waals surface area (Å²) in [6.07, 6.45) is 6.78. The Kier molecular flexibility index (Phi) is 3.18. The molecule has 0 aromatic carbocycles. The molecule has 2 heteroatoms. The van der Waals surface area contributed by atoms with Gasteiger partial charge in [0.1, 0.15) is 0 Å². The van der Waals surface area contributed by atoms with Crippen LogP contribution >= 0.6 is 0 Å². The highest BCUT2D eigenvalue weighted by Crippen LogP contribution is 2.21. The van der Waals surface area contributed by atoms with Crippen LogP contribution in [0.25, 0.3) is 0 Å². The first-order chi connectivity index (χ1) is 6.11. The maximum absolute atomic E-state index is 8.94. The van der Waals surface area contributed by atoms with E-state index < -0.39 is 0 Å². The van der Waals surface area contributed by atoms with E-state index in [1.807, 2.05) is 12.2 Å². The lowest BCUT2D eigenvalue weighted by Gasteiger charge is -2.12. The van der Waals surface area contributed by atoms with Gasteiger partial charge in [-0.15, -0.1) is 0 Å². The van der Waals surface area contributed by atoms with E-state index in [2.05, 4.69) is 18.9 Å². The van der Waals surface area contributed by atoms with E-state index in [0.717, 1.165) is 13.0 Å². The quantitative estimate of drug-likeness (QED) is 0.520. The van der Waals surface area contributed by atoms with Crippen LogP contribution in [0.4, 0.5) is 0 Å². The minimum absolute atomic E-state index is 0.343. The van der Waals surface area contributed by atoms with E-state index in [1.165, 1.54) is 11.3 Å². The van der Waals surface area contributed by atoms with Gasteiger partial charge in [0.25, 0.3) is 0 Å². The summed E-state index contributed by atoms with van der Waals surface area (Å²) in [5, 5.41) is 8.94. The minimum atomic E-state index is 0.343. The Morgan fingerprint density at radius 2 is 2.23 bits per heavy atom. The summed E-state index contributed by atoms with van der Waals surface area (Å²) >= 11 is 0. The Morgan fingerprint density at radius 3 is 2.69 bits per heavy atom. The molecule has 1 aliphatic heterocycles. The monoisotopic (exact) mass is 179 g/mol. The van der Waals surface area contributed by atoms with Gasteiger partial charge in [0.2, 0.25) is 0 Å². The van der Waals surface area contributed by atoms with Gasteiger partial charge in [0.05, 0.1) is 5.76 Å². The lowest BCUT2D eigenvalue weighted by Crippen LogP contribution is -2.11. The van der Waals surface area contributed by atoms with E-state index in [0.29, 0.717) is 5.76 Å². The normalized spacial score (nSPS) is 19.3. The summed E-state index contributed by atoms with van der Waals surface area (Å²) in [7, 11) is 2.09. The molecule has 0 bridgehead atoms. The number of aliphatic hydroxyl groups is 1. The fourth-order valence-electron chi connectivity index (χ4n) is 1.46. The zero-order chi connectivity index (χ0) is 9.84. The molecule has 1 aliphatic rings. The zero-order valence-electron chi connectivity index (χ0n) is 8.54. The third-order valence-corrected chi connectivity index (χ3v) is 2.26. The predicted octanol–water partition coefficient (Wildman–Crippen LogP) is 2.61. The molecule has 0 aromatic rings. The van der Waals surface area contributed by atoms with E-state index in [1.54, 1.807) is 13.0 Å². The van der Waals surface area contributed by atoms with Gasteiger partial charge in [0, 0.05) is 19.3 Å². The highest BCUT2D eigenvalue weighted by molar-refractivity contribution is 5.29. The van der Waals surface area contributed by atoms with Crippen molar-refractivity contribution < 1.29 is 5.11 Å². The van der Waals surface area contributed by atoms with Crippen LogP contribution in [0.5, 0.6) is 0 Å². The molecule has 1 N–H and O–H groups in total. The molecule has 0 spiro atoms. The number of aliphatic hydroxyl groups excluding tert-OH is 1. The molecule has 0 unspecified atom stereocenters. The molecule has 0 radical (unpaired) electrons. The summed E-state index contributed by atoms with van der Waals surface area (Å²) in [4.78, 5) is 2.23. The number of rotatable bonds is 2. The molecule has 1 heterocycles. The van der Waals surface area contributed by atoms with E-state index in [9.17, 15) is 0 Å². The molecule has 1 rings (SSSR count). The predicted molar refractivity (Wildman–Crippen MR) is 55.5 cm³/mol. The number of nitrogens with zero attached hydrogens (tertiary/aromatic N) is 1. The smallest absolute Gasteiger partial charge is 0.0891 e. The molecule has 2 nitrogen and oxygen atoms in total. The van der Waals surface area contributed by atoms with Crippen molar-refractivity contribution in [3.05, 3.63) is 35.3 Å². The SMILES string of the molecule is CC1=C(/C=C\C=C(/C)O)N(C)CC1. The molecule has 0 amide bonds. The fraction of sp³-hybridized carbons (Fsp3) is 0.455. The third-order valence-electron chi connectivity index (χ3n) is 2.26. The number of likely N-dealkylation sites (N-methyl/N-ethyl adjacent to an activating group) is 1. The average Bonchev–Trinajstić information content (AvgIpc) is 2.34. The van der Waals surface area contributed by atoms with Crippen molar-refractivity contribution in [3.8, 4) is 0 Å². The van der Waals surface area contributed by atoms with Gasteiger partial charge in [-0.2, -0.15) is 0 Å². The summed E-state index contributed by atoms with van der Waals surface area (Å²) in [6.45, 7) is 4.93. The van der Waals surface area contributed by atoms with E-state index in [4.69, 9.17) is 5.11 Å². The van der Waals surface area contributed by atoms with Gasteiger partial charge in [-0.05, 0) is 38.0 Å².